The Morgan fingerprint density at radius 2 is 0.500 bits per heavy atom. The molecular weight excluding hydrogens is 184 g/mol. The van der Waals surface area contributed by atoms with E-state index < -0.39 is 0 Å². The maximum atomic E-state index is 0. The van der Waals surface area contributed by atoms with Gasteiger partial charge in [-0.05, 0) is 0 Å². The molecule has 0 saturated heterocycles. The summed E-state index contributed by atoms with van der Waals surface area (Å²) >= 11 is 0. The van der Waals surface area contributed by atoms with E-state index >= 15 is 0 Å². The molecule has 4 radical (unpaired) electrons. The van der Waals surface area contributed by atoms with Crippen LogP contribution >= 0.6 is 0 Å². The predicted octanol–water partition coefficient (Wildman–Crippen LogP) is -0.388. The van der Waals surface area contributed by atoms with Crippen molar-refractivity contribution in [2.45, 2.75) is 0 Å². The Balaban J connectivity index is 0. The first-order valence-corrected chi connectivity index (χ1v) is 0. The topological polar surface area (TPSA) is 0 Å². The van der Waals surface area contributed by atoms with Crippen LogP contribution < -0.4 is 0 Å². The summed E-state index contributed by atoms with van der Waals surface area (Å²) in [5.74, 6) is 0. The van der Waals surface area contributed by atoms with E-state index in [-0.39, 0.29) is 63.0 Å². The Kier molecular flexibility index (Phi) is 218. The van der Waals surface area contributed by atoms with Crippen LogP contribution in [0.4, 0.5) is 0 Å². The van der Waals surface area contributed by atoms with E-state index in [1.54, 1.807) is 0 Å². The molecule has 0 rings (SSSR count). The molecule has 4 heavy (non-hydrogen) atoms. The quantitative estimate of drug-likeness (QED) is 0.450. The van der Waals surface area contributed by atoms with Gasteiger partial charge in [-0.3, -0.25) is 0 Å². The van der Waals surface area contributed by atoms with Gasteiger partial charge in [0.2, 0.25) is 0 Å². The van der Waals surface area contributed by atoms with E-state index in [0.717, 1.165) is 0 Å². The van der Waals surface area contributed by atoms with Gasteiger partial charge in [-0.2, -0.15) is 0 Å². The van der Waals surface area contributed by atoms with Gasteiger partial charge in [0.15, 0.2) is 0 Å². The Bertz CT molecular complexity index is 3.25. The fraction of sp³-hybridized carbons (Fsp3) is 0. The molecule has 0 fully saturated rings. The fourth-order valence-corrected chi connectivity index (χ4v) is 0. The zero-order chi connectivity index (χ0) is 0. The zero-order valence-electron chi connectivity index (χ0n) is 1.72. The summed E-state index contributed by atoms with van der Waals surface area (Å²) in [6.45, 7) is 0. The van der Waals surface area contributed by atoms with Crippen molar-refractivity contribution in [3.8, 4) is 0 Å². The molecule has 4 heteroatoms. The van der Waals surface area contributed by atoms with Crippen molar-refractivity contribution in [1.82, 2.24) is 0 Å². The van der Waals surface area contributed by atoms with Crippen LogP contribution in [0.15, 0.2) is 0 Å². The second kappa shape index (κ2) is 21.3. The summed E-state index contributed by atoms with van der Waals surface area (Å²) in [5, 5.41) is 0. The van der Waals surface area contributed by atoms with Crippen LogP contribution in [0.3, 0.4) is 0 Å². The molecule has 0 bridgehead atoms. The minimum atomic E-state index is 0. The van der Waals surface area contributed by atoms with Gasteiger partial charge in [-0.15, -0.1) is 0 Å². The van der Waals surface area contributed by atoms with Gasteiger partial charge in [0.25, 0.3) is 0 Å². The molecule has 0 amide bonds. The molecule has 0 spiro atoms. The summed E-state index contributed by atoms with van der Waals surface area (Å²) in [5.41, 5.74) is 0. The molecule has 0 aliphatic carbocycles. The van der Waals surface area contributed by atoms with Gasteiger partial charge in [0.1, 0.15) is 0 Å². The van der Waals surface area contributed by atoms with E-state index in [9.17, 15) is 0 Å². The van der Waals surface area contributed by atoms with Crippen molar-refractivity contribution in [2.24, 2.45) is 0 Å². The molecule has 0 unspecified atom stereocenters. The van der Waals surface area contributed by atoms with Gasteiger partial charge < -0.3 is 0 Å². The van der Waals surface area contributed by atoms with Crippen molar-refractivity contribution < 1.29 is 52.1 Å². The average molecular weight is 184 g/mol. The third-order valence-electron chi connectivity index (χ3n) is 0. The number of hydrogen-bond acceptors (Lipinski definition) is 0. The maximum Gasteiger partial charge on any atom is 0 e. The normalized spacial score (nSPS) is 0. The standard InChI is InChI=1S/3Cr.Si. The van der Waals surface area contributed by atoms with Crippen molar-refractivity contribution in [1.29, 1.82) is 0 Å². The predicted molar refractivity (Wildman–Crippen MR) is 5.75 cm³/mol. The first-order chi connectivity index (χ1) is 0. The summed E-state index contributed by atoms with van der Waals surface area (Å²) < 4.78 is 0. The Morgan fingerprint density at radius 1 is 0.500 bits per heavy atom. The molecule has 0 N–H and O–H groups in total. The molecule has 0 nitrogen and oxygen atoms in total. The van der Waals surface area contributed by atoms with E-state index in [2.05, 4.69) is 0 Å². The van der Waals surface area contributed by atoms with E-state index in [0.29, 0.717) is 0 Å². The first kappa shape index (κ1) is 40.9. The van der Waals surface area contributed by atoms with Gasteiger partial charge in [-0.1, -0.05) is 0 Å². The van der Waals surface area contributed by atoms with E-state index in [4.69, 9.17) is 0 Å². The Morgan fingerprint density at radius 3 is 0.500 bits per heavy atom. The average Bonchev–Trinajstić information content (AvgIpc) is 0. The van der Waals surface area contributed by atoms with Gasteiger partial charge in [0, 0.05) is 63.0 Å². The summed E-state index contributed by atoms with van der Waals surface area (Å²) in [6, 6.07) is 0. The molecule has 0 saturated carbocycles. The smallest absolute Gasteiger partial charge is 0 e. The molecule has 0 aromatic heterocycles. The molecule has 0 aromatic rings. The van der Waals surface area contributed by atoms with Crippen LogP contribution in [0.5, 0.6) is 0 Å². The van der Waals surface area contributed by atoms with Crippen LogP contribution in [0, 0.1) is 0 Å². The van der Waals surface area contributed by atoms with Crippen LogP contribution in [-0.4, -0.2) is 11.0 Å². The van der Waals surface area contributed by atoms with E-state index in [1.807, 2.05) is 0 Å². The zero-order valence-corrected chi connectivity index (χ0v) is 6.55. The third-order valence-corrected chi connectivity index (χ3v) is 0. The molecule has 0 aliphatic heterocycles. The summed E-state index contributed by atoms with van der Waals surface area (Å²) in [4.78, 5) is 0. The number of hydrogen-bond donors (Lipinski definition) is 0. The molecule has 0 aliphatic rings. The summed E-state index contributed by atoms with van der Waals surface area (Å²) in [6.07, 6.45) is 0. The monoisotopic (exact) mass is 184 g/mol. The van der Waals surface area contributed by atoms with Crippen LogP contribution in [0.1, 0.15) is 0 Å². The van der Waals surface area contributed by atoms with Crippen LogP contribution in [0.25, 0.3) is 0 Å². The van der Waals surface area contributed by atoms with Crippen molar-refractivity contribution in [3.05, 3.63) is 0 Å². The van der Waals surface area contributed by atoms with Crippen molar-refractivity contribution in [3.63, 3.8) is 0 Å². The van der Waals surface area contributed by atoms with Gasteiger partial charge >= 0.3 is 0 Å². The minimum absolute atomic E-state index is 0. The fourth-order valence-electron chi connectivity index (χ4n) is 0. The van der Waals surface area contributed by atoms with Crippen LogP contribution in [-0.2, 0) is 52.1 Å². The van der Waals surface area contributed by atoms with Crippen molar-refractivity contribution in [2.75, 3.05) is 0 Å². The maximum absolute atomic E-state index is 0. The molecular formula is Cr3Si. The Hall–Kier alpha value is 1.81. The minimum Gasteiger partial charge on any atom is 0 e. The largest absolute Gasteiger partial charge is 0 e. The third kappa shape index (κ3) is 9.18. The van der Waals surface area contributed by atoms with Crippen LogP contribution in [0.2, 0.25) is 0 Å². The Labute approximate surface area is 62.8 Å². The second-order valence-corrected chi connectivity index (χ2v) is 0. The molecule has 0 aromatic carbocycles. The molecule has 22 valence electrons. The van der Waals surface area contributed by atoms with Crippen molar-refractivity contribution >= 4 is 11.0 Å². The molecule has 0 atom stereocenters. The SMILES string of the molecule is [Cr].[Cr].[Cr].[Si]. The second-order valence-electron chi connectivity index (χ2n) is 0. The molecule has 0 heterocycles. The summed E-state index contributed by atoms with van der Waals surface area (Å²) in [7, 11) is 0. The van der Waals surface area contributed by atoms with Gasteiger partial charge in [0.05, 0.1) is 0 Å². The number of rotatable bonds is 0. The van der Waals surface area contributed by atoms with E-state index in [1.165, 1.54) is 0 Å². The first-order valence-electron chi connectivity index (χ1n) is 0. The van der Waals surface area contributed by atoms with Gasteiger partial charge in [-0.25, -0.2) is 0 Å².